The fourth-order valence-electron chi connectivity index (χ4n) is 3.78. The van der Waals surface area contributed by atoms with E-state index in [9.17, 15) is 4.79 Å². The molecule has 28 heavy (non-hydrogen) atoms. The van der Waals surface area contributed by atoms with Gasteiger partial charge in [0.25, 0.3) is 5.56 Å². The van der Waals surface area contributed by atoms with Gasteiger partial charge in [-0.25, -0.2) is 4.98 Å². The van der Waals surface area contributed by atoms with Crippen molar-refractivity contribution >= 4 is 22.5 Å². The number of halogens is 1. The van der Waals surface area contributed by atoms with Crippen molar-refractivity contribution < 1.29 is 0 Å². The Kier molecular flexibility index (Phi) is 4.22. The summed E-state index contributed by atoms with van der Waals surface area (Å²) in [5.41, 5.74) is 4.68. The van der Waals surface area contributed by atoms with Crippen molar-refractivity contribution in [3.8, 4) is 11.4 Å². The van der Waals surface area contributed by atoms with Gasteiger partial charge in [-0.15, -0.1) is 0 Å². The fraction of sp³-hybridized carbons (Fsp3) is 0.190. The molecule has 0 fully saturated rings. The number of fused-ring (bicyclic) bond motifs is 2. The molecule has 1 aliphatic rings. The largest absolute Gasteiger partial charge is 0.361 e. The van der Waals surface area contributed by atoms with Crippen LogP contribution in [0.3, 0.4) is 0 Å². The lowest BCUT2D eigenvalue weighted by atomic mass is 10.1. The molecule has 7 heteroatoms. The van der Waals surface area contributed by atoms with E-state index in [1.165, 1.54) is 5.56 Å². The zero-order valence-corrected chi connectivity index (χ0v) is 15.8. The normalized spacial score (nSPS) is 14.3. The van der Waals surface area contributed by atoms with Crippen molar-refractivity contribution in [2.75, 3.05) is 6.54 Å². The molecule has 0 aliphatic carbocycles. The summed E-state index contributed by atoms with van der Waals surface area (Å²) in [7, 11) is 0. The molecule has 0 saturated heterocycles. The molecule has 4 aromatic rings. The first kappa shape index (κ1) is 17.2. The number of benzene rings is 1. The lowest BCUT2D eigenvalue weighted by molar-refractivity contribution is 0.242. The average molecular weight is 392 g/mol. The first-order valence-corrected chi connectivity index (χ1v) is 9.55. The van der Waals surface area contributed by atoms with Gasteiger partial charge in [-0.05, 0) is 35.9 Å². The van der Waals surface area contributed by atoms with Gasteiger partial charge in [-0.2, -0.15) is 0 Å². The minimum absolute atomic E-state index is 0.0662. The summed E-state index contributed by atoms with van der Waals surface area (Å²) in [6.07, 6.45) is 6.17. The molecule has 4 heterocycles. The Morgan fingerprint density at radius 1 is 1.18 bits per heavy atom. The Hall–Kier alpha value is -2.96. The molecule has 0 unspecified atom stereocenters. The van der Waals surface area contributed by atoms with Crippen molar-refractivity contribution in [2.45, 2.75) is 19.5 Å². The number of hydrogen-bond donors (Lipinski definition) is 2. The molecular formula is C21H18ClN5O. The van der Waals surface area contributed by atoms with Gasteiger partial charge in [-0.3, -0.25) is 14.7 Å². The first-order valence-electron chi connectivity index (χ1n) is 9.18. The van der Waals surface area contributed by atoms with Gasteiger partial charge in [-0.1, -0.05) is 11.6 Å². The fourth-order valence-corrected chi connectivity index (χ4v) is 3.96. The summed E-state index contributed by atoms with van der Waals surface area (Å²) < 4.78 is 0. The van der Waals surface area contributed by atoms with Crippen molar-refractivity contribution in [3.63, 3.8) is 0 Å². The molecule has 0 amide bonds. The number of H-pyrrole nitrogens is 2. The SMILES string of the molecule is O=c1[nH]c(-c2ccncc2)nc2c1CN(Cc1c[nH]c3ccc(Cl)cc13)CC2. The van der Waals surface area contributed by atoms with Gasteiger partial charge in [0.1, 0.15) is 5.82 Å². The van der Waals surface area contributed by atoms with Crippen LogP contribution in [0.25, 0.3) is 22.3 Å². The second kappa shape index (κ2) is 6.89. The lowest BCUT2D eigenvalue weighted by Gasteiger charge is -2.27. The molecule has 0 radical (unpaired) electrons. The summed E-state index contributed by atoms with van der Waals surface area (Å²) in [4.78, 5) is 29.9. The maximum atomic E-state index is 12.7. The average Bonchev–Trinajstić information content (AvgIpc) is 3.11. The van der Waals surface area contributed by atoms with E-state index >= 15 is 0 Å². The van der Waals surface area contributed by atoms with Crippen LogP contribution in [0.4, 0.5) is 0 Å². The van der Waals surface area contributed by atoms with Crippen molar-refractivity contribution in [3.05, 3.63) is 81.1 Å². The lowest BCUT2D eigenvalue weighted by Crippen LogP contribution is -2.35. The van der Waals surface area contributed by atoms with E-state index in [2.05, 4.69) is 19.9 Å². The minimum atomic E-state index is -0.0662. The molecule has 3 aromatic heterocycles. The minimum Gasteiger partial charge on any atom is -0.361 e. The summed E-state index contributed by atoms with van der Waals surface area (Å²) in [6, 6.07) is 9.55. The quantitative estimate of drug-likeness (QED) is 0.560. The summed E-state index contributed by atoms with van der Waals surface area (Å²) >= 11 is 6.16. The third-order valence-corrected chi connectivity index (χ3v) is 5.46. The van der Waals surface area contributed by atoms with Crippen molar-refractivity contribution in [1.29, 1.82) is 0 Å². The molecule has 0 saturated carbocycles. The van der Waals surface area contributed by atoms with Crippen LogP contribution in [0, 0.1) is 0 Å². The molecule has 0 spiro atoms. The Balaban J connectivity index is 1.42. The monoisotopic (exact) mass is 391 g/mol. The molecule has 0 atom stereocenters. The number of nitrogens with one attached hydrogen (secondary N) is 2. The van der Waals surface area contributed by atoms with Gasteiger partial charge >= 0.3 is 0 Å². The highest BCUT2D eigenvalue weighted by molar-refractivity contribution is 6.31. The molecule has 5 rings (SSSR count). The van der Waals surface area contributed by atoms with Crippen LogP contribution in [0.2, 0.25) is 5.02 Å². The predicted molar refractivity (Wildman–Crippen MR) is 109 cm³/mol. The number of pyridine rings is 1. The molecule has 140 valence electrons. The first-order chi connectivity index (χ1) is 13.7. The summed E-state index contributed by atoms with van der Waals surface area (Å²) in [5.74, 6) is 0.603. The van der Waals surface area contributed by atoms with Crippen molar-refractivity contribution in [1.82, 2.24) is 24.8 Å². The third kappa shape index (κ3) is 3.10. The summed E-state index contributed by atoms with van der Waals surface area (Å²) in [5, 5.41) is 1.85. The van der Waals surface area contributed by atoms with Crippen LogP contribution >= 0.6 is 11.6 Å². The van der Waals surface area contributed by atoms with Crippen LogP contribution in [0.15, 0.2) is 53.7 Å². The standard InChI is InChI=1S/C21H18ClN5O/c22-15-1-2-18-16(9-15)14(10-24-18)11-27-8-5-19-17(12-27)21(28)26-20(25-19)13-3-6-23-7-4-13/h1-4,6-7,9-10,24H,5,8,11-12H2,(H,25,26,28). The van der Waals surface area contributed by atoms with E-state index in [1.54, 1.807) is 12.4 Å². The maximum Gasteiger partial charge on any atom is 0.255 e. The number of aromatic nitrogens is 4. The highest BCUT2D eigenvalue weighted by Crippen LogP contribution is 2.25. The number of nitrogens with zero attached hydrogens (tertiary/aromatic N) is 3. The van der Waals surface area contributed by atoms with Gasteiger partial charge in [0, 0.05) is 66.1 Å². The topological polar surface area (TPSA) is 77.7 Å². The molecule has 6 nitrogen and oxygen atoms in total. The third-order valence-electron chi connectivity index (χ3n) is 5.22. The van der Waals surface area contributed by atoms with Gasteiger partial charge in [0.05, 0.1) is 11.3 Å². The highest BCUT2D eigenvalue weighted by atomic mass is 35.5. The summed E-state index contributed by atoms with van der Waals surface area (Å²) in [6.45, 7) is 2.19. The molecule has 2 N–H and O–H groups in total. The van der Waals surface area contributed by atoms with Crippen molar-refractivity contribution in [2.24, 2.45) is 0 Å². The van der Waals surface area contributed by atoms with Crippen LogP contribution in [0.1, 0.15) is 16.8 Å². The van der Waals surface area contributed by atoms with Crippen LogP contribution in [-0.4, -0.2) is 31.4 Å². The van der Waals surface area contributed by atoms with Crippen LogP contribution in [0.5, 0.6) is 0 Å². The van der Waals surface area contributed by atoms with Gasteiger partial charge < -0.3 is 9.97 Å². The molecular weight excluding hydrogens is 374 g/mol. The van der Waals surface area contributed by atoms with Gasteiger partial charge in [0.2, 0.25) is 0 Å². The zero-order valence-electron chi connectivity index (χ0n) is 15.1. The van der Waals surface area contributed by atoms with Crippen LogP contribution in [-0.2, 0) is 19.5 Å². The smallest absolute Gasteiger partial charge is 0.255 e. The zero-order chi connectivity index (χ0) is 19.1. The number of aromatic amines is 2. The van der Waals surface area contributed by atoms with E-state index in [1.807, 2.05) is 36.5 Å². The second-order valence-corrected chi connectivity index (χ2v) is 7.48. The second-order valence-electron chi connectivity index (χ2n) is 7.04. The van der Waals surface area contributed by atoms with E-state index < -0.39 is 0 Å². The molecule has 1 aromatic carbocycles. The Morgan fingerprint density at radius 2 is 2.04 bits per heavy atom. The Morgan fingerprint density at radius 3 is 2.89 bits per heavy atom. The van der Waals surface area contributed by atoms with Gasteiger partial charge in [0.15, 0.2) is 0 Å². The van der Waals surface area contributed by atoms with E-state index in [-0.39, 0.29) is 5.56 Å². The maximum absolute atomic E-state index is 12.7. The number of hydrogen-bond acceptors (Lipinski definition) is 4. The highest BCUT2D eigenvalue weighted by Gasteiger charge is 2.22. The molecule has 0 bridgehead atoms. The Labute approximate surface area is 166 Å². The predicted octanol–water partition coefficient (Wildman–Crippen LogP) is 3.52. The number of rotatable bonds is 3. The van der Waals surface area contributed by atoms with E-state index in [0.717, 1.165) is 52.3 Å². The van der Waals surface area contributed by atoms with Crippen LogP contribution < -0.4 is 5.56 Å². The Bertz CT molecular complexity index is 1210. The molecule has 1 aliphatic heterocycles. The van der Waals surface area contributed by atoms with E-state index in [4.69, 9.17) is 16.6 Å². The van der Waals surface area contributed by atoms with E-state index in [0.29, 0.717) is 12.4 Å².